The third kappa shape index (κ3) is 9.33. The van der Waals surface area contributed by atoms with Crippen molar-refractivity contribution in [2.24, 2.45) is 11.8 Å². The summed E-state index contributed by atoms with van der Waals surface area (Å²) in [5, 5.41) is 4.56. The molecule has 0 fully saturated rings. The molecule has 0 aliphatic rings. The van der Waals surface area contributed by atoms with Crippen LogP contribution >= 0.6 is 0 Å². The molecule has 0 bridgehead atoms. The molecule has 2 aromatic heterocycles. The number of hydrogen-bond acceptors (Lipinski definition) is 4. The molecule has 0 saturated heterocycles. The zero-order chi connectivity index (χ0) is 38.6. The predicted octanol–water partition coefficient (Wildman–Crippen LogP) is 13.9. The van der Waals surface area contributed by atoms with Crippen molar-refractivity contribution in [2.75, 3.05) is 13.2 Å². The molecule has 2 unspecified atom stereocenters. The van der Waals surface area contributed by atoms with Gasteiger partial charge >= 0.3 is 257 Å². The Morgan fingerprint density at radius 1 is 0.519 bits per heavy atom. The van der Waals surface area contributed by atoms with E-state index in [0.717, 1.165) is 81.4 Å². The van der Waals surface area contributed by atoms with Crippen LogP contribution in [0, 0.1) is 11.8 Å². The summed E-state index contributed by atoms with van der Waals surface area (Å²) in [5.74, 6) is 3.04. The first-order valence-corrected chi connectivity index (χ1v) is 40.8. The molecule has 6 heteroatoms. The van der Waals surface area contributed by atoms with Gasteiger partial charge in [-0.05, 0) is 12.8 Å². The topological polar surface area (TPSA) is 44.7 Å². The molecule has 6 rings (SSSR count). The second-order valence-electron chi connectivity index (χ2n) is 17.7. The number of rotatable bonds is 18. The van der Waals surface area contributed by atoms with Crippen LogP contribution in [0.15, 0.2) is 81.6 Å². The maximum atomic E-state index is 6.99. The fourth-order valence-electron chi connectivity index (χ4n) is 7.49. The van der Waals surface area contributed by atoms with E-state index in [-0.39, 0.29) is 0 Å². The van der Waals surface area contributed by atoms with Crippen LogP contribution < -0.4 is 17.0 Å². The van der Waals surface area contributed by atoms with Gasteiger partial charge in [0.2, 0.25) is 0 Å². The molecule has 4 nitrogen and oxygen atoms in total. The van der Waals surface area contributed by atoms with Gasteiger partial charge in [0.05, 0.1) is 0 Å². The molecule has 2 atom stereocenters. The van der Waals surface area contributed by atoms with Gasteiger partial charge in [-0.2, -0.15) is 0 Å². The van der Waals surface area contributed by atoms with Crippen LogP contribution in [0.1, 0.15) is 79.1 Å². The molecule has 288 valence electrons. The van der Waals surface area contributed by atoms with Gasteiger partial charge in [-0.15, -0.1) is 0 Å². The van der Waals surface area contributed by atoms with Crippen LogP contribution in [-0.4, -0.2) is 50.0 Å². The maximum absolute atomic E-state index is 6.99. The van der Waals surface area contributed by atoms with Gasteiger partial charge in [0, 0.05) is 0 Å². The summed E-state index contributed by atoms with van der Waals surface area (Å²) in [6.45, 7) is 10.6. The van der Waals surface area contributed by atoms with E-state index in [0.29, 0.717) is 11.8 Å². The van der Waals surface area contributed by atoms with Gasteiger partial charge in [0.15, 0.2) is 0 Å². The zero-order valence-corrected chi connectivity index (χ0v) is 40.5. The van der Waals surface area contributed by atoms with Gasteiger partial charge < -0.3 is 0 Å². The van der Waals surface area contributed by atoms with Gasteiger partial charge in [-0.3, -0.25) is 0 Å². The average Bonchev–Trinajstić information content (AvgIpc) is 3.80. The summed E-state index contributed by atoms with van der Waals surface area (Å²) in [6, 6.07) is 26.9. The summed E-state index contributed by atoms with van der Waals surface area (Å²) < 4.78 is 29.1. The molecule has 0 amide bonds. The van der Waals surface area contributed by atoms with Crippen LogP contribution in [0.25, 0.3) is 55.0 Å². The van der Waals surface area contributed by atoms with Gasteiger partial charge in [0.1, 0.15) is 0 Å². The minimum absolute atomic E-state index is 0.590. The fraction of sp³-hybridized carbons (Fsp3) is 0.458. The van der Waals surface area contributed by atoms with Crippen molar-refractivity contribution < 1.29 is 18.3 Å². The molecule has 54 heavy (non-hydrogen) atoms. The zero-order valence-electron chi connectivity index (χ0n) is 34.8. The van der Waals surface area contributed by atoms with E-state index < -0.39 is 36.8 Å². The molecule has 4 aromatic carbocycles. The molecule has 0 aliphatic heterocycles. The Morgan fingerprint density at radius 3 is 1.20 bits per heavy atom. The fourth-order valence-corrected chi connectivity index (χ4v) is 13.2. The van der Waals surface area contributed by atoms with Crippen molar-refractivity contribution in [3.8, 4) is 33.8 Å². The molecule has 0 aliphatic carbocycles. The quantitative estimate of drug-likeness (QED) is 0.0806. The average molecular weight is 942 g/mol. The predicted molar refractivity (Wildman–Crippen MR) is 238 cm³/mol. The van der Waals surface area contributed by atoms with Crippen LogP contribution in [0.2, 0.25) is 29.6 Å². The second-order valence-corrected chi connectivity index (χ2v) is 46.2. The monoisotopic (exact) mass is 944 g/mol. The summed E-state index contributed by atoms with van der Waals surface area (Å²) in [7, 11) is 0. The summed E-state index contributed by atoms with van der Waals surface area (Å²) in [5.41, 5.74) is 6.58. The molecular formula is C48H64O4Sn2. The van der Waals surface area contributed by atoms with Crippen LogP contribution in [0.3, 0.4) is 0 Å². The van der Waals surface area contributed by atoms with Crippen LogP contribution in [0.5, 0.6) is 11.5 Å². The van der Waals surface area contributed by atoms with E-state index in [1.54, 1.807) is 0 Å². The molecule has 0 N–H and O–H groups in total. The summed E-state index contributed by atoms with van der Waals surface area (Å²) in [4.78, 5) is 14.6. The first kappa shape index (κ1) is 41.1. The number of unbranched alkanes of at least 4 members (excludes halogenated alkanes) is 2. The Kier molecular flexibility index (Phi) is 13.5. The summed E-state index contributed by atoms with van der Waals surface area (Å²) >= 11 is -5.18. The Hall–Kier alpha value is -2.58. The van der Waals surface area contributed by atoms with Crippen LogP contribution in [-0.2, 0) is 0 Å². The second kappa shape index (κ2) is 17.7. The van der Waals surface area contributed by atoms with E-state index in [1.807, 2.05) is 0 Å². The number of benzene rings is 4. The van der Waals surface area contributed by atoms with Gasteiger partial charge in [0.25, 0.3) is 0 Å². The molecule has 0 saturated carbocycles. The van der Waals surface area contributed by atoms with Crippen molar-refractivity contribution in [3.05, 3.63) is 72.8 Å². The van der Waals surface area contributed by atoms with E-state index in [1.165, 1.54) is 57.2 Å². The van der Waals surface area contributed by atoms with Crippen molar-refractivity contribution in [1.82, 2.24) is 0 Å². The number of furan rings is 2. The third-order valence-corrected chi connectivity index (χ3v) is 21.1. The van der Waals surface area contributed by atoms with E-state index in [4.69, 9.17) is 18.3 Å². The van der Waals surface area contributed by atoms with Crippen molar-refractivity contribution in [2.45, 2.75) is 109 Å². The normalized spacial score (nSPS) is 13.6. The Balaban J connectivity index is 1.52. The number of hydrogen-bond donors (Lipinski definition) is 0. The van der Waals surface area contributed by atoms with E-state index >= 15 is 0 Å². The van der Waals surface area contributed by atoms with E-state index in [9.17, 15) is 0 Å². The number of fused-ring (bicyclic) bond motifs is 5. The third-order valence-electron chi connectivity index (χ3n) is 11.2. The molecular weight excluding hydrogens is 878 g/mol. The molecule has 0 spiro atoms. The van der Waals surface area contributed by atoms with Crippen molar-refractivity contribution in [1.29, 1.82) is 0 Å². The Labute approximate surface area is 333 Å². The first-order chi connectivity index (χ1) is 25.8. The minimum atomic E-state index is -2.59. The SMILES string of the molecule is CCCCC(CC)COc1ccc(-c2cc3c[c]([Sn]([CH3])([CH3])[CH3])oc3c3c(-c4ccc(OCC(CC)CCCC)cc4)cc4c[c]([Sn]([CH3])([CH3])[CH3])oc4c23)cc1. The standard InChI is InChI=1S/C42H46O4.6CH3.2Sn/c1-5-9-11-29(7-3)27-45-35-17-13-31(14-18-35)37-25-33-21-23-44-42(33)40-38(26-34-22-24-43-41(34)39(37)40)32-15-19-36(20-16-32)46-28-30(8-4)12-10-6-2;;;;;;;;/h13-22,25-26,29-30H,5-12,27-28H2,1-4H3;6*1H3;;. The van der Waals surface area contributed by atoms with Crippen LogP contribution in [0.4, 0.5) is 0 Å². The molecule has 6 aromatic rings. The van der Waals surface area contributed by atoms with E-state index in [2.05, 4.69) is 130 Å². The number of ether oxygens (including phenoxy) is 2. The van der Waals surface area contributed by atoms with Crippen molar-refractivity contribution >= 4 is 77.0 Å². The molecule has 0 radical (unpaired) electrons. The van der Waals surface area contributed by atoms with Gasteiger partial charge in [-0.25, -0.2) is 0 Å². The van der Waals surface area contributed by atoms with Gasteiger partial charge in [-0.1, -0.05) is 66.2 Å². The summed E-state index contributed by atoms with van der Waals surface area (Å²) in [6.07, 6.45) is 9.70. The Bertz CT molecular complexity index is 1990. The van der Waals surface area contributed by atoms with Crippen molar-refractivity contribution in [3.63, 3.8) is 0 Å². The Morgan fingerprint density at radius 2 is 0.889 bits per heavy atom. The first-order valence-electron chi connectivity index (χ1n) is 20.8. The molecule has 2 heterocycles.